The number of carbonyl (C=O) groups is 1. The molecule has 0 aliphatic rings. The van der Waals surface area contributed by atoms with Crippen LogP contribution in [0, 0.1) is 23.7 Å². The SMILES string of the molecule is C.C.C.C.CC(C)C.CC(C)Cc1ccccc1.CC(C)Cc1ccccn1.CCCC(=O)C(C)C. The lowest BCUT2D eigenvalue weighted by molar-refractivity contribution is -0.121. The maximum atomic E-state index is 10.7. The van der Waals surface area contributed by atoms with E-state index in [1.807, 2.05) is 39.1 Å². The Morgan fingerprint density at radius 3 is 1.44 bits per heavy atom. The van der Waals surface area contributed by atoms with Crippen molar-refractivity contribution in [1.82, 2.24) is 4.98 Å². The zero-order valence-electron chi connectivity index (χ0n) is 22.7. The number of hydrogen-bond donors (Lipinski definition) is 0. The number of nitrogens with zero attached hydrogens (tertiary/aromatic N) is 1. The van der Waals surface area contributed by atoms with Gasteiger partial charge >= 0.3 is 0 Å². The normalized spacial score (nSPS) is 8.94. The minimum atomic E-state index is 0. The molecule has 2 heteroatoms. The highest BCUT2D eigenvalue weighted by Crippen LogP contribution is 2.06. The van der Waals surface area contributed by atoms with Crippen LogP contribution in [0.5, 0.6) is 0 Å². The van der Waals surface area contributed by atoms with Gasteiger partial charge in [0.25, 0.3) is 0 Å². The smallest absolute Gasteiger partial charge is 0.135 e. The zero-order valence-corrected chi connectivity index (χ0v) is 22.7. The Morgan fingerprint density at radius 2 is 1.14 bits per heavy atom. The summed E-state index contributed by atoms with van der Waals surface area (Å²) >= 11 is 0. The van der Waals surface area contributed by atoms with Crippen LogP contribution in [0.15, 0.2) is 54.7 Å². The molecule has 1 heterocycles. The van der Waals surface area contributed by atoms with Gasteiger partial charge in [-0.3, -0.25) is 9.78 Å². The molecule has 0 bridgehead atoms. The minimum Gasteiger partial charge on any atom is -0.299 e. The summed E-state index contributed by atoms with van der Waals surface area (Å²) < 4.78 is 0. The van der Waals surface area contributed by atoms with Gasteiger partial charge in [-0.15, -0.1) is 0 Å². The van der Waals surface area contributed by atoms with Crippen LogP contribution in [0.4, 0.5) is 0 Å². The Bertz CT molecular complexity index is 597. The molecule has 1 aromatic carbocycles. The summed E-state index contributed by atoms with van der Waals surface area (Å²) in [5, 5.41) is 0. The fraction of sp³-hybridized carbons (Fsp3) is 0.647. The van der Waals surface area contributed by atoms with E-state index >= 15 is 0 Å². The van der Waals surface area contributed by atoms with E-state index < -0.39 is 0 Å². The quantitative estimate of drug-likeness (QED) is 0.374. The lowest BCUT2D eigenvalue weighted by Crippen LogP contribution is -2.04. The molecule has 2 rings (SSSR count). The molecule has 0 aliphatic carbocycles. The van der Waals surface area contributed by atoms with E-state index in [4.69, 9.17) is 0 Å². The Kier molecular flexibility index (Phi) is 40.8. The molecule has 2 aromatic rings. The Balaban J connectivity index is -0.0000000835. The van der Waals surface area contributed by atoms with E-state index in [9.17, 15) is 4.79 Å². The van der Waals surface area contributed by atoms with E-state index in [0.29, 0.717) is 11.7 Å². The van der Waals surface area contributed by atoms with Crippen molar-refractivity contribution < 1.29 is 4.79 Å². The molecular weight excluding hydrogens is 438 g/mol. The van der Waals surface area contributed by atoms with Crippen molar-refractivity contribution in [2.45, 2.75) is 125 Å². The zero-order chi connectivity index (χ0) is 24.9. The Hall–Kier alpha value is -1.96. The van der Waals surface area contributed by atoms with Gasteiger partial charge in [-0.2, -0.15) is 0 Å². The average Bonchev–Trinajstić information content (AvgIpc) is 2.69. The summed E-state index contributed by atoms with van der Waals surface area (Å²) in [6, 6.07) is 16.7. The van der Waals surface area contributed by atoms with Crippen molar-refractivity contribution in [3.8, 4) is 0 Å². The molecule has 0 fully saturated rings. The first-order chi connectivity index (χ1) is 15.0. The van der Waals surface area contributed by atoms with E-state index in [1.54, 1.807) is 0 Å². The summed E-state index contributed by atoms with van der Waals surface area (Å²) in [4.78, 5) is 15.0. The number of ketones is 1. The fourth-order valence-electron chi connectivity index (χ4n) is 2.56. The maximum absolute atomic E-state index is 10.7. The van der Waals surface area contributed by atoms with Crippen LogP contribution in [-0.2, 0) is 17.6 Å². The summed E-state index contributed by atoms with van der Waals surface area (Å²) in [6.45, 7) is 21.3. The first-order valence-electron chi connectivity index (χ1n) is 12.5. The Morgan fingerprint density at radius 1 is 0.694 bits per heavy atom. The van der Waals surface area contributed by atoms with Crippen molar-refractivity contribution in [3.05, 3.63) is 66.0 Å². The van der Waals surface area contributed by atoms with Gasteiger partial charge in [0.15, 0.2) is 0 Å². The predicted molar refractivity (Wildman–Crippen MR) is 170 cm³/mol. The van der Waals surface area contributed by atoms with Crippen molar-refractivity contribution in [3.63, 3.8) is 0 Å². The number of aromatic nitrogens is 1. The first kappa shape index (κ1) is 47.3. The van der Waals surface area contributed by atoms with Crippen molar-refractivity contribution >= 4 is 5.78 Å². The molecule has 0 N–H and O–H groups in total. The molecule has 0 saturated heterocycles. The van der Waals surface area contributed by atoms with Crippen LogP contribution in [-0.4, -0.2) is 10.8 Å². The highest BCUT2D eigenvalue weighted by atomic mass is 16.1. The van der Waals surface area contributed by atoms with Crippen LogP contribution < -0.4 is 0 Å². The number of hydrogen-bond acceptors (Lipinski definition) is 2. The maximum Gasteiger partial charge on any atom is 0.135 e. The van der Waals surface area contributed by atoms with Crippen LogP contribution in [0.2, 0.25) is 0 Å². The third-order valence-corrected chi connectivity index (χ3v) is 3.97. The second-order valence-corrected chi connectivity index (χ2v) is 10.1. The second kappa shape index (κ2) is 31.1. The molecule has 0 radical (unpaired) electrons. The molecule has 214 valence electrons. The average molecular weight is 506 g/mol. The molecule has 0 aliphatic heterocycles. The first-order valence-corrected chi connectivity index (χ1v) is 12.5. The van der Waals surface area contributed by atoms with E-state index in [-0.39, 0.29) is 35.6 Å². The Labute approximate surface area is 229 Å². The number of pyridine rings is 1. The van der Waals surface area contributed by atoms with Crippen LogP contribution in [0.1, 0.15) is 123 Å². The summed E-state index contributed by atoms with van der Waals surface area (Å²) in [5.74, 6) is 2.92. The largest absolute Gasteiger partial charge is 0.299 e. The number of carbonyl (C=O) groups excluding carboxylic acids is 1. The van der Waals surface area contributed by atoms with E-state index in [2.05, 4.69) is 89.8 Å². The summed E-state index contributed by atoms with van der Waals surface area (Å²) in [5.41, 5.74) is 2.63. The molecule has 1 aromatic heterocycles. The summed E-state index contributed by atoms with van der Waals surface area (Å²) in [6.07, 6.45) is 5.86. The van der Waals surface area contributed by atoms with Crippen molar-refractivity contribution in [2.75, 3.05) is 0 Å². The van der Waals surface area contributed by atoms with E-state index in [0.717, 1.165) is 31.1 Å². The third-order valence-electron chi connectivity index (χ3n) is 3.97. The number of rotatable bonds is 7. The van der Waals surface area contributed by atoms with Gasteiger partial charge in [-0.1, -0.05) is 135 Å². The molecule has 36 heavy (non-hydrogen) atoms. The van der Waals surface area contributed by atoms with Crippen LogP contribution in [0.25, 0.3) is 0 Å². The predicted octanol–water partition coefficient (Wildman–Crippen LogP) is 11.4. The minimum absolute atomic E-state index is 0. The van der Waals surface area contributed by atoms with Crippen molar-refractivity contribution in [1.29, 1.82) is 0 Å². The third kappa shape index (κ3) is 36.6. The van der Waals surface area contributed by atoms with E-state index in [1.165, 1.54) is 17.7 Å². The van der Waals surface area contributed by atoms with Crippen LogP contribution in [0.3, 0.4) is 0 Å². The molecule has 0 spiro atoms. The molecule has 0 unspecified atom stereocenters. The number of Topliss-reactive ketones (excluding diaryl/α,β-unsaturated/α-hetero) is 1. The lowest BCUT2D eigenvalue weighted by Gasteiger charge is -2.02. The van der Waals surface area contributed by atoms with Gasteiger partial charge in [-0.25, -0.2) is 0 Å². The molecule has 0 atom stereocenters. The topological polar surface area (TPSA) is 30.0 Å². The highest BCUT2D eigenvalue weighted by Gasteiger charge is 2.03. The monoisotopic (exact) mass is 506 g/mol. The lowest BCUT2D eigenvalue weighted by atomic mass is 10.0. The van der Waals surface area contributed by atoms with Gasteiger partial charge in [0.2, 0.25) is 0 Å². The van der Waals surface area contributed by atoms with Gasteiger partial charge in [0.05, 0.1) is 0 Å². The highest BCUT2D eigenvalue weighted by molar-refractivity contribution is 5.80. The van der Waals surface area contributed by atoms with Gasteiger partial charge in [0, 0.05) is 24.2 Å². The van der Waals surface area contributed by atoms with Crippen LogP contribution >= 0.6 is 0 Å². The second-order valence-electron chi connectivity index (χ2n) is 10.1. The molecule has 0 amide bonds. The fourth-order valence-corrected chi connectivity index (χ4v) is 2.56. The van der Waals surface area contributed by atoms with Gasteiger partial charge < -0.3 is 0 Å². The van der Waals surface area contributed by atoms with Gasteiger partial charge in [-0.05, 0) is 54.7 Å². The molecular formula is C34H67NO. The van der Waals surface area contributed by atoms with Crippen molar-refractivity contribution in [2.24, 2.45) is 23.7 Å². The molecule has 2 nitrogen and oxygen atoms in total. The number of benzene rings is 1. The summed E-state index contributed by atoms with van der Waals surface area (Å²) in [7, 11) is 0. The van der Waals surface area contributed by atoms with Gasteiger partial charge in [0.1, 0.15) is 5.78 Å². The molecule has 0 saturated carbocycles. The standard InChI is InChI=1S/C10H14.C9H13N.C7H14O.C4H10.4CH4/c1-9(2)8-10-6-4-3-5-7-10;1-8(2)7-9-5-3-4-6-10-9;1-4-5-7(8)6(2)3;1-4(2)3;;;;/h3-7,9H,8H2,1-2H3;3-6,8H,7H2,1-2H3;6H,4-5H2,1-3H3;4H,1-3H3;4*1H4.